The number of pyridine rings is 1. The highest BCUT2D eigenvalue weighted by Crippen LogP contribution is 2.44. The number of carbonyl (C=O) groups is 1. The van der Waals surface area contributed by atoms with Gasteiger partial charge >= 0.3 is 0 Å². The lowest BCUT2D eigenvalue weighted by Crippen LogP contribution is -2.02. The van der Waals surface area contributed by atoms with Gasteiger partial charge in [0.15, 0.2) is 0 Å². The quantitative estimate of drug-likeness (QED) is 0.239. The number of hydrogen-bond acceptors (Lipinski definition) is 6. The number of methoxy groups -OCH3 is 2. The number of anilines is 1. The highest BCUT2D eigenvalue weighted by atomic mass is 35.5. The Balaban J connectivity index is 1.75. The van der Waals surface area contributed by atoms with Crippen LogP contribution in [0.4, 0.5) is 10.1 Å². The summed E-state index contributed by atoms with van der Waals surface area (Å²) in [5.41, 5.74) is 9.28. The number of benzene rings is 3. The molecule has 0 unspecified atom stereocenters. The lowest BCUT2D eigenvalue weighted by molar-refractivity contribution is 0.104. The molecule has 0 saturated carbocycles. The van der Waals surface area contributed by atoms with Crippen molar-refractivity contribution in [2.75, 3.05) is 20.0 Å². The summed E-state index contributed by atoms with van der Waals surface area (Å²) < 4.78 is 25.5. The van der Waals surface area contributed by atoms with Crippen molar-refractivity contribution >= 4 is 44.6 Å². The minimum atomic E-state index is -0.496. The van der Waals surface area contributed by atoms with Crippen molar-refractivity contribution in [3.63, 3.8) is 0 Å². The smallest absolute Gasteiger partial charge is 0.205 e. The van der Waals surface area contributed by atoms with Gasteiger partial charge < -0.3 is 15.2 Å². The Hall–Kier alpha value is -3.94. The van der Waals surface area contributed by atoms with Crippen molar-refractivity contribution in [3.05, 3.63) is 94.1 Å². The monoisotopic (exact) mass is 518 g/mol. The topological polar surface area (TPSA) is 74.4 Å². The fraction of sp³-hybridized carbons (Fsp3) is 0.0714. The van der Waals surface area contributed by atoms with Crippen LogP contribution < -0.4 is 15.2 Å². The molecule has 5 aromatic rings. The molecule has 5 nitrogen and oxygen atoms in total. The van der Waals surface area contributed by atoms with Gasteiger partial charge in [-0.1, -0.05) is 17.7 Å². The van der Waals surface area contributed by atoms with Crippen LogP contribution >= 0.6 is 22.9 Å². The van der Waals surface area contributed by atoms with Gasteiger partial charge in [-0.2, -0.15) is 0 Å². The van der Waals surface area contributed by atoms with Crippen molar-refractivity contribution in [3.8, 4) is 33.9 Å². The van der Waals surface area contributed by atoms with Crippen LogP contribution in [-0.4, -0.2) is 25.0 Å². The highest BCUT2D eigenvalue weighted by molar-refractivity contribution is 7.21. The molecule has 0 aliphatic rings. The molecular weight excluding hydrogens is 499 g/mol. The molecule has 0 bridgehead atoms. The number of fused-ring (bicyclic) bond motifs is 1. The van der Waals surface area contributed by atoms with E-state index in [2.05, 4.69) is 0 Å². The zero-order valence-corrected chi connectivity index (χ0v) is 20.9. The maximum Gasteiger partial charge on any atom is 0.205 e. The molecule has 0 spiro atoms. The van der Waals surface area contributed by atoms with Gasteiger partial charge in [-0.05, 0) is 66.7 Å². The lowest BCUT2D eigenvalue weighted by atomic mass is 9.98. The van der Waals surface area contributed by atoms with Crippen molar-refractivity contribution in [1.82, 2.24) is 4.98 Å². The summed E-state index contributed by atoms with van der Waals surface area (Å²) in [4.78, 5) is 19.0. The molecular formula is C28H20ClFN2O3S. The third-order valence-electron chi connectivity index (χ3n) is 5.88. The number of carbonyl (C=O) groups excluding carboxylic acids is 1. The summed E-state index contributed by atoms with van der Waals surface area (Å²) in [5.74, 6) is 0.585. The van der Waals surface area contributed by atoms with Gasteiger partial charge in [0.1, 0.15) is 27.0 Å². The van der Waals surface area contributed by atoms with Crippen LogP contribution in [0.2, 0.25) is 5.02 Å². The molecule has 36 heavy (non-hydrogen) atoms. The van der Waals surface area contributed by atoms with E-state index in [9.17, 15) is 4.79 Å². The first kappa shape index (κ1) is 23.8. The second-order valence-electron chi connectivity index (χ2n) is 7.96. The maximum atomic E-state index is 15.1. The Labute approximate surface area is 215 Å². The number of thiophene rings is 1. The van der Waals surface area contributed by atoms with E-state index in [4.69, 9.17) is 31.8 Å². The summed E-state index contributed by atoms with van der Waals surface area (Å²) in [6, 6.07) is 20.4. The second kappa shape index (κ2) is 9.60. The molecule has 2 N–H and O–H groups in total. The molecule has 0 saturated heterocycles. The minimum absolute atomic E-state index is 0.203. The van der Waals surface area contributed by atoms with Crippen molar-refractivity contribution in [1.29, 1.82) is 0 Å². The van der Waals surface area contributed by atoms with Crippen LogP contribution in [0.3, 0.4) is 0 Å². The SMILES string of the molecule is COc1ccc(C(=O)c2sc3nc(-c4ccc(OC)cc4)cc(-c4c(F)cccc4Cl)c3c2N)cc1. The Bertz CT molecular complexity index is 1580. The van der Waals surface area contributed by atoms with Crippen molar-refractivity contribution in [2.45, 2.75) is 0 Å². The van der Waals surface area contributed by atoms with E-state index < -0.39 is 5.82 Å². The minimum Gasteiger partial charge on any atom is -0.497 e. The molecule has 0 radical (unpaired) electrons. The molecule has 0 amide bonds. The number of ether oxygens (including phenoxy) is 2. The first-order valence-electron chi connectivity index (χ1n) is 10.9. The van der Waals surface area contributed by atoms with Crippen molar-refractivity contribution in [2.24, 2.45) is 0 Å². The Kier molecular flexibility index (Phi) is 6.35. The van der Waals surface area contributed by atoms with Crippen molar-refractivity contribution < 1.29 is 18.7 Å². The van der Waals surface area contributed by atoms with Gasteiger partial charge in [0, 0.05) is 27.6 Å². The third-order valence-corrected chi connectivity index (χ3v) is 7.29. The van der Waals surface area contributed by atoms with Crippen LogP contribution in [0.5, 0.6) is 11.5 Å². The van der Waals surface area contributed by atoms with Gasteiger partial charge in [0.2, 0.25) is 5.78 Å². The largest absolute Gasteiger partial charge is 0.497 e. The maximum absolute atomic E-state index is 15.1. The number of ketones is 1. The molecule has 2 aromatic heterocycles. The Morgan fingerprint density at radius 3 is 2.22 bits per heavy atom. The molecule has 8 heteroatoms. The fourth-order valence-electron chi connectivity index (χ4n) is 4.03. The molecule has 0 fully saturated rings. The average molecular weight is 519 g/mol. The second-order valence-corrected chi connectivity index (χ2v) is 9.37. The fourth-order valence-corrected chi connectivity index (χ4v) is 5.37. The summed E-state index contributed by atoms with van der Waals surface area (Å²) in [6.45, 7) is 0. The molecule has 3 aromatic carbocycles. The molecule has 180 valence electrons. The Morgan fingerprint density at radius 1 is 0.972 bits per heavy atom. The van der Waals surface area contributed by atoms with E-state index in [1.165, 1.54) is 17.4 Å². The number of nitrogen functional groups attached to an aromatic ring is 1. The summed E-state index contributed by atoms with van der Waals surface area (Å²) in [6.07, 6.45) is 0. The van der Waals surface area contributed by atoms with E-state index in [0.717, 1.165) is 5.56 Å². The number of nitrogens with two attached hydrogens (primary N) is 1. The third kappa shape index (κ3) is 4.17. The van der Waals surface area contributed by atoms with Gasteiger partial charge in [-0.15, -0.1) is 11.3 Å². The number of halogens is 2. The van der Waals surface area contributed by atoms with Gasteiger partial charge in [-0.25, -0.2) is 9.37 Å². The zero-order chi connectivity index (χ0) is 25.4. The number of nitrogens with zero attached hydrogens (tertiary/aromatic N) is 1. The predicted molar refractivity (Wildman–Crippen MR) is 143 cm³/mol. The highest BCUT2D eigenvalue weighted by Gasteiger charge is 2.24. The summed E-state index contributed by atoms with van der Waals surface area (Å²) in [5, 5.41) is 0.720. The number of hydrogen-bond donors (Lipinski definition) is 1. The van der Waals surface area contributed by atoms with Crippen LogP contribution in [-0.2, 0) is 0 Å². The van der Waals surface area contributed by atoms with Crippen LogP contribution in [0, 0.1) is 5.82 Å². The molecule has 0 aliphatic heterocycles. The van der Waals surface area contributed by atoms with Gasteiger partial charge in [0.05, 0.1) is 30.6 Å². The number of rotatable bonds is 6. The van der Waals surface area contributed by atoms with Gasteiger partial charge in [0.25, 0.3) is 0 Å². The van der Waals surface area contributed by atoms with Gasteiger partial charge in [-0.3, -0.25) is 4.79 Å². The molecule has 0 atom stereocenters. The average Bonchev–Trinajstić information content (AvgIpc) is 3.24. The summed E-state index contributed by atoms with van der Waals surface area (Å²) in [7, 11) is 3.15. The van der Waals surface area contributed by atoms with Crippen LogP contribution in [0.25, 0.3) is 32.6 Å². The van der Waals surface area contributed by atoms with E-state index >= 15 is 4.39 Å². The number of aromatic nitrogens is 1. The zero-order valence-electron chi connectivity index (χ0n) is 19.3. The first-order chi connectivity index (χ1) is 17.4. The van der Waals surface area contributed by atoms with Crippen LogP contribution in [0.15, 0.2) is 72.8 Å². The first-order valence-corrected chi connectivity index (χ1v) is 12.1. The normalized spacial score (nSPS) is 11.0. The van der Waals surface area contributed by atoms with E-state index in [1.807, 2.05) is 24.3 Å². The molecule has 5 rings (SSSR count). The van der Waals surface area contributed by atoms with Crippen LogP contribution in [0.1, 0.15) is 15.2 Å². The van der Waals surface area contributed by atoms with E-state index in [-0.39, 0.29) is 22.1 Å². The lowest BCUT2D eigenvalue weighted by Gasteiger charge is -2.11. The molecule has 0 aliphatic carbocycles. The summed E-state index contributed by atoms with van der Waals surface area (Å²) >= 11 is 7.62. The predicted octanol–water partition coefficient (Wildman–Crippen LogP) is 7.25. The standard InChI is InChI=1S/C28H20ClFN2O3S/c1-34-17-10-6-15(7-11-17)22-14-19(23-20(29)4-3-5-21(23)30)24-25(31)27(36-28(24)32-22)26(33)16-8-12-18(35-2)13-9-16/h3-14H,31H2,1-2H3. The van der Waals surface area contributed by atoms with E-state index in [0.29, 0.717) is 43.4 Å². The Morgan fingerprint density at radius 2 is 1.61 bits per heavy atom. The van der Waals surface area contributed by atoms with E-state index in [1.54, 1.807) is 56.7 Å². The molecule has 2 heterocycles.